The number of H-pyrrole nitrogens is 1. The number of rotatable bonds is 4. The van der Waals surface area contributed by atoms with E-state index in [-0.39, 0.29) is 18.6 Å². The van der Waals surface area contributed by atoms with Crippen LogP contribution >= 0.6 is 0 Å². The highest BCUT2D eigenvalue weighted by molar-refractivity contribution is 5.98. The Morgan fingerprint density at radius 1 is 1.47 bits per heavy atom. The Morgan fingerprint density at radius 3 is 2.88 bits per heavy atom. The Morgan fingerprint density at radius 2 is 2.24 bits per heavy atom. The number of amides is 1. The van der Waals surface area contributed by atoms with Gasteiger partial charge in [0.15, 0.2) is 0 Å². The van der Waals surface area contributed by atoms with Gasteiger partial charge >= 0.3 is 0 Å². The summed E-state index contributed by atoms with van der Waals surface area (Å²) in [5, 5.41) is 12.8. The Bertz CT molecular complexity index is 482. The number of carbonyl (C=O) groups excluding carboxylic acids is 1. The molecule has 0 aliphatic rings. The van der Waals surface area contributed by atoms with E-state index in [0.717, 1.165) is 10.9 Å². The summed E-state index contributed by atoms with van der Waals surface area (Å²) in [5.74, 6) is -0.179. The first-order valence-corrected chi connectivity index (χ1v) is 5.74. The molecule has 4 nitrogen and oxygen atoms in total. The molecule has 4 heteroatoms. The quantitative estimate of drug-likeness (QED) is 0.750. The normalized spacial score (nSPS) is 12.6. The SMILES string of the molecule is CCC(CO)NC(=O)c1cc2ccccc2[nH]1. The number of aromatic amines is 1. The Labute approximate surface area is 99.7 Å². The molecule has 0 aliphatic heterocycles. The van der Waals surface area contributed by atoms with Gasteiger partial charge < -0.3 is 15.4 Å². The molecule has 0 radical (unpaired) electrons. The summed E-state index contributed by atoms with van der Waals surface area (Å²) in [6.07, 6.45) is 0.711. The molecular formula is C13H16N2O2. The van der Waals surface area contributed by atoms with Crippen LogP contribution in [0.5, 0.6) is 0 Å². The van der Waals surface area contributed by atoms with Crippen molar-refractivity contribution >= 4 is 16.8 Å². The predicted molar refractivity (Wildman–Crippen MR) is 66.9 cm³/mol. The largest absolute Gasteiger partial charge is 0.394 e. The van der Waals surface area contributed by atoms with E-state index in [1.54, 1.807) is 0 Å². The molecule has 0 fully saturated rings. The zero-order valence-electron chi connectivity index (χ0n) is 9.73. The van der Waals surface area contributed by atoms with Gasteiger partial charge in [0.05, 0.1) is 12.6 Å². The highest BCUT2D eigenvalue weighted by Gasteiger charge is 2.13. The second-order valence-electron chi connectivity index (χ2n) is 4.03. The molecule has 2 aromatic rings. The van der Waals surface area contributed by atoms with Gasteiger partial charge in [-0.25, -0.2) is 0 Å². The van der Waals surface area contributed by atoms with Crippen molar-refractivity contribution in [3.63, 3.8) is 0 Å². The van der Waals surface area contributed by atoms with Crippen LogP contribution in [-0.2, 0) is 0 Å². The summed E-state index contributed by atoms with van der Waals surface area (Å²) in [4.78, 5) is 14.9. The number of benzene rings is 1. The van der Waals surface area contributed by atoms with Gasteiger partial charge in [-0.1, -0.05) is 25.1 Å². The highest BCUT2D eigenvalue weighted by Crippen LogP contribution is 2.14. The fourth-order valence-corrected chi connectivity index (χ4v) is 1.74. The molecular weight excluding hydrogens is 216 g/mol. The number of nitrogens with one attached hydrogen (secondary N) is 2. The van der Waals surface area contributed by atoms with E-state index in [9.17, 15) is 4.79 Å². The third-order valence-electron chi connectivity index (χ3n) is 2.82. The number of fused-ring (bicyclic) bond motifs is 1. The molecule has 0 bridgehead atoms. The first-order valence-electron chi connectivity index (χ1n) is 5.74. The van der Waals surface area contributed by atoms with Crippen LogP contribution in [0.3, 0.4) is 0 Å². The fraction of sp³-hybridized carbons (Fsp3) is 0.308. The fourth-order valence-electron chi connectivity index (χ4n) is 1.74. The van der Waals surface area contributed by atoms with Crippen molar-refractivity contribution < 1.29 is 9.90 Å². The highest BCUT2D eigenvalue weighted by atomic mass is 16.3. The van der Waals surface area contributed by atoms with Crippen molar-refractivity contribution in [1.82, 2.24) is 10.3 Å². The van der Waals surface area contributed by atoms with Crippen molar-refractivity contribution in [2.75, 3.05) is 6.61 Å². The molecule has 0 spiro atoms. The Kier molecular flexibility index (Phi) is 3.44. The van der Waals surface area contributed by atoms with Crippen molar-refractivity contribution in [2.45, 2.75) is 19.4 Å². The van der Waals surface area contributed by atoms with E-state index in [1.807, 2.05) is 37.3 Å². The molecule has 0 aliphatic carbocycles. The second kappa shape index (κ2) is 5.01. The minimum atomic E-state index is -0.186. The lowest BCUT2D eigenvalue weighted by atomic mass is 10.2. The minimum absolute atomic E-state index is 0.0392. The zero-order chi connectivity index (χ0) is 12.3. The van der Waals surface area contributed by atoms with Crippen LogP contribution in [-0.4, -0.2) is 28.6 Å². The van der Waals surface area contributed by atoms with Gasteiger partial charge in [0.1, 0.15) is 5.69 Å². The van der Waals surface area contributed by atoms with Crippen molar-refractivity contribution in [3.8, 4) is 0 Å². The Hall–Kier alpha value is -1.81. The van der Waals surface area contributed by atoms with Gasteiger partial charge in [0, 0.05) is 10.9 Å². The number of aliphatic hydroxyl groups excluding tert-OH is 1. The summed E-state index contributed by atoms with van der Waals surface area (Å²) < 4.78 is 0. The van der Waals surface area contributed by atoms with Crippen molar-refractivity contribution in [2.24, 2.45) is 0 Å². The predicted octanol–water partition coefficient (Wildman–Crippen LogP) is 1.67. The average molecular weight is 232 g/mol. The van der Waals surface area contributed by atoms with Gasteiger partial charge in [-0.3, -0.25) is 4.79 Å². The van der Waals surface area contributed by atoms with Crippen LogP contribution < -0.4 is 5.32 Å². The van der Waals surface area contributed by atoms with Gasteiger partial charge in [-0.2, -0.15) is 0 Å². The summed E-state index contributed by atoms with van der Waals surface area (Å²) in [7, 11) is 0. The molecule has 0 saturated carbocycles. The van der Waals surface area contributed by atoms with Crippen LogP contribution in [0.25, 0.3) is 10.9 Å². The number of para-hydroxylation sites is 1. The standard InChI is InChI=1S/C13H16N2O2/c1-2-10(8-16)14-13(17)12-7-9-5-3-4-6-11(9)15-12/h3-7,10,15-16H,2,8H2,1H3,(H,14,17). The van der Waals surface area contributed by atoms with E-state index >= 15 is 0 Å². The van der Waals surface area contributed by atoms with E-state index in [4.69, 9.17) is 5.11 Å². The molecule has 1 heterocycles. The van der Waals surface area contributed by atoms with Crippen LogP contribution in [0.15, 0.2) is 30.3 Å². The smallest absolute Gasteiger partial charge is 0.268 e. The molecule has 17 heavy (non-hydrogen) atoms. The average Bonchev–Trinajstić information content (AvgIpc) is 2.79. The maximum atomic E-state index is 11.9. The molecule has 90 valence electrons. The maximum absolute atomic E-state index is 11.9. The molecule has 1 aromatic carbocycles. The van der Waals surface area contributed by atoms with E-state index in [1.165, 1.54) is 0 Å². The molecule has 1 unspecified atom stereocenters. The lowest BCUT2D eigenvalue weighted by Crippen LogP contribution is -2.37. The third kappa shape index (κ3) is 2.47. The van der Waals surface area contributed by atoms with E-state index in [2.05, 4.69) is 10.3 Å². The summed E-state index contributed by atoms with van der Waals surface area (Å²) >= 11 is 0. The zero-order valence-corrected chi connectivity index (χ0v) is 9.73. The van der Waals surface area contributed by atoms with Crippen molar-refractivity contribution in [3.05, 3.63) is 36.0 Å². The van der Waals surface area contributed by atoms with Crippen molar-refractivity contribution in [1.29, 1.82) is 0 Å². The molecule has 0 saturated heterocycles. The van der Waals surface area contributed by atoms with Gasteiger partial charge in [0.2, 0.25) is 0 Å². The molecule has 1 amide bonds. The number of hydrogen-bond donors (Lipinski definition) is 3. The van der Waals surface area contributed by atoms with Gasteiger partial charge in [-0.15, -0.1) is 0 Å². The molecule has 1 aromatic heterocycles. The minimum Gasteiger partial charge on any atom is -0.394 e. The van der Waals surface area contributed by atoms with E-state index < -0.39 is 0 Å². The van der Waals surface area contributed by atoms with Gasteiger partial charge in [0.25, 0.3) is 5.91 Å². The number of hydrogen-bond acceptors (Lipinski definition) is 2. The molecule has 3 N–H and O–H groups in total. The van der Waals surface area contributed by atoms with Crippen LogP contribution in [0.2, 0.25) is 0 Å². The molecule has 2 rings (SSSR count). The lowest BCUT2D eigenvalue weighted by molar-refractivity contribution is 0.0910. The first kappa shape index (κ1) is 11.7. The number of carbonyl (C=O) groups is 1. The molecule has 1 atom stereocenters. The maximum Gasteiger partial charge on any atom is 0.268 e. The van der Waals surface area contributed by atoms with Crippen LogP contribution in [0, 0.1) is 0 Å². The van der Waals surface area contributed by atoms with Gasteiger partial charge in [-0.05, 0) is 18.6 Å². The van der Waals surface area contributed by atoms with E-state index in [0.29, 0.717) is 12.1 Å². The third-order valence-corrected chi connectivity index (χ3v) is 2.82. The van der Waals surface area contributed by atoms with Crippen LogP contribution in [0.4, 0.5) is 0 Å². The number of aliphatic hydroxyl groups is 1. The van der Waals surface area contributed by atoms with Crippen LogP contribution in [0.1, 0.15) is 23.8 Å². The Balaban J connectivity index is 2.19. The topological polar surface area (TPSA) is 65.1 Å². The summed E-state index contributed by atoms with van der Waals surface area (Å²) in [6.45, 7) is 1.88. The monoisotopic (exact) mass is 232 g/mol. The summed E-state index contributed by atoms with van der Waals surface area (Å²) in [6, 6.07) is 9.36. The number of aromatic nitrogens is 1. The second-order valence-corrected chi connectivity index (χ2v) is 4.03. The summed E-state index contributed by atoms with van der Waals surface area (Å²) in [5.41, 5.74) is 1.47. The first-order chi connectivity index (χ1) is 8.24. The lowest BCUT2D eigenvalue weighted by Gasteiger charge is -2.12.